The third-order valence-corrected chi connectivity index (χ3v) is 2.54. The molecular weight excluding hydrogens is 255 g/mol. The van der Waals surface area contributed by atoms with Crippen molar-refractivity contribution in [1.29, 1.82) is 5.26 Å². The third kappa shape index (κ3) is 6.22. The standard InChI is InChI=1S/C13H16F3N3/c1-18-5-6-19(10-13(14,15)16)9-12-4-2-3-11(7-12)8-17/h2-4,7,18H,5-6,9-10H2,1H3. The van der Waals surface area contributed by atoms with E-state index in [-0.39, 0.29) is 6.54 Å². The molecule has 0 fully saturated rings. The van der Waals surface area contributed by atoms with Crippen molar-refractivity contribution in [2.75, 3.05) is 26.7 Å². The van der Waals surface area contributed by atoms with E-state index in [1.807, 2.05) is 6.07 Å². The predicted octanol–water partition coefficient (Wildman–Crippen LogP) is 2.14. The van der Waals surface area contributed by atoms with Crippen LogP contribution in [0.5, 0.6) is 0 Å². The van der Waals surface area contributed by atoms with Crippen LogP contribution in [-0.4, -0.2) is 37.8 Å². The lowest BCUT2D eigenvalue weighted by Gasteiger charge is -2.23. The molecule has 0 aliphatic carbocycles. The molecule has 0 saturated heterocycles. The van der Waals surface area contributed by atoms with Crippen LogP contribution in [-0.2, 0) is 6.54 Å². The molecule has 1 aromatic rings. The highest BCUT2D eigenvalue weighted by Crippen LogP contribution is 2.18. The zero-order valence-electron chi connectivity index (χ0n) is 10.7. The van der Waals surface area contributed by atoms with Crippen LogP contribution >= 0.6 is 0 Å². The van der Waals surface area contributed by atoms with Gasteiger partial charge in [-0.1, -0.05) is 12.1 Å². The van der Waals surface area contributed by atoms with Crippen LogP contribution in [0, 0.1) is 11.3 Å². The molecule has 1 aromatic carbocycles. The van der Waals surface area contributed by atoms with Gasteiger partial charge in [0.1, 0.15) is 0 Å². The van der Waals surface area contributed by atoms with Crippen LogP contribution in [0.2, 0.25) is 0 Å². The summed E-state index contributed by atoms with van der Waals surface area (Å²) in [5.74, 6) is 0. The van der Waals surface area contributed by atoms with Gasteiger partial charge in [0.15, 0.2) is 0 Å². The lowest BCUT2D eigenvalue weighted by Crippen LogP contribution is -2.37. The van der Waals surface area contributed by atoms with Crippen LogP contribution < -0.4 is 5.32 Å². The summed E-state index contributed by atoms with van der Waals surface area (Å²) < 4.78 is 37.4. The van der Waals surface area contributed by atoms with Gasteiger partial charge in [-0.05, 0) is 24.7 Å². The molecule has 0 spiro atoms. The molecule has 0 aliphatic heterocycles. The molecule has 0 aromatic heterocycles. The molecule has 0 atom stereocenters. The second kappa shape index (κ2) is 7.12. The van der Waals surface area contributed by atoms with Crippen molar-refractivity contribution in [3.63, 3.8) is 0 Å². The van der Waals surface area contributed by atoms with Gasteiger partial charge in [-0.2, -0.15) is 18.4 Å². The van der Waals surface area contributed by atoms with Crippen LogP contribution in [0.25, 0.3) is 0 Å². The van der Waals surface area contributed by atoms with Crippen molar-refractivity contribution in [3.8, 4) is 6.07 Å². The molecule has 0 saturated carbocycles. The van der Waals surface area contributed by atoms with Gasteiger partial charge in [-0.25, -0.2) is 0 Å². The van der Waals surface area contributed by atoms with Crippen LogP contribution in [0.15, 0.2) is 24.3 Å². The van der Waals surface area contributed by atoms with Crippen molar-refractivity contribution in [2.24, 2.45) is 0 Å². The van der Waals surface area contributed by atoms with E-state index in [4.69, 9.17) is 5.26 Å². The summed E-state index contributed by atoms with van der Waals surface area (Å²) in [6, 6.07) is 8.63. The van der Waals surface area contributed by atoms with Gasteiger partial charge < -0.3 is 5.32 Å². The topological polar surface area (TPSA) is 39.1 Å². The molecule has 0 unspecified atom stereocenters. The predicted molar refractivity (Wildman–Crippen MR) is 66.4 cm³/mol. The summed E-state index contributed by atoms with van der Waals surface area (Å²) in [6.07, 6.45) is -4.22. The van der Waals surface area contributed by atoms with E-state index in [0.717, 1.165) is 0 Å². The van der Waals surface area contributed by atoms with Gasteiger partial charge in [-0.15, -0.1) is 0 Å². The Bertz CT molecular complexity index is 437. The second-order valence-electron chi connectivity index (χ2n) is 4.24. The maximum absolute atomic E-state index is 12.5. The number of rotatable bonds is 6. The average Bonchev–Trinajstić information content (AvgIpc) is 2.34. The van der Waals surface area contributed by atoms with Crippen LogP contribution in [0.1, 0.15) is 11.1 Å². The van der Waals surface area contributed by atoms with Crippen molar-refractivity contribution in [2.45, 2.75) is 12.7 Å². The smallest absolute Gasteiger partial charge is 0.318 e. The summed E-state index contributed by atoms with van der Waals surface area (Å²) >= 11 is 0. The Kier molecular flexibility index (Phi) is 5.80. The van der Waals surface area contributed by atoms with Gasteiger partial charge in [-0.3, -0.25) is 4.90 Å². The van der Waals surface area contributed by atoms with Gasteiger partial charge in [0.2, 0.25) is 0 Å². The second-order valence-corrected chi connectivity index (χ2v) is 4.24. The van der Waals surface area contributed by atoms with Gasteiger partial charge in [0.05, 0.1) is 18.2 Å². The Morgan fingerprint density at radius 2 is 2.11 bits per heavy atom. The van der Waals surface area contributed by atoms with Crippen molar-refractivity contribution in [1.82, 2.24) is 10.2 Å². The molecule has 1 rings (SSSR count). The van der Waals surface area contributed by atoms with E-state index in [1.165, 1.54) is 4.90 Å². The summed E-state index contributed by atoms with van der Waals surface area (Å²) in [5, 5.41) is 11.6. The Balaban J connectivity index is 2.72. The van der Waals surface area contributed by atoms with Gasteiger partial charge in [0.25, 0.3) is 0 Å². The molecule has 0 bridgehead atoms. The first kappa shape index (κ1) is 15.5. The van der Waals surface area contributed by atoms with E-state index in [9.17, 15) is 13.2 Å². The SMILES string of the molecule is CNCCN(Cc1cccc(C#N)c1)CC(F)(F)F. The van der Waals surface area contributed by atoms with E-state index < -0.39 is 12.7 Å². The fourth-order valence-electron chi connectivity index (χ4n) is 1.73. The van der Waals surface area contributed by atoms with Crippen molar-refractivity contribution >= 4 is 0 Å². The Labute approximate surface area is 110 Å². The van der Waals surface area contributed by atoms with E-state index >= 15 is 0 Å². The summed E-state index contributed by atoms with van der Waals surface area (Å²) in [6.45, 7) is 0.00296. The maximum atomic E-state index is 12.5. The normalized spacial score (nSPS) is 11.6. The van der Waals surface area contributed by atoms with E-state index in [1.54, 1.807) is 31.3 Å². The molecule has 0 heterocycles. The zero-order valence-corrected chi connectivity index (χ0v) is 10.7. The van der Waals surface area contributed by atoms with Gasteiger partial charge >= 0.3 is 6.18 Å². The highest BCUT2D eigenvalue weighted by atomic mass is 19.4. The summed E-state index contributed by atoms with van der Waals surface area (Å²) in [4.78, 5) is 1.31. The number of hydrogen-bond acceptors (Lipinski definition) is 3. The number of nitrogens with one attached hydrogen (secondary N) is 1. The molecule has 1 N–H and O–H groups in total. The highest BCUT2D eigenvalue weighted by Gasteiger charge is 2.30. The first-order valence-electron chi connectivity index (χ1n) is 5.87. The third-order valence-electron chi connectivity index (χ3n) is 2.54. The minimum atomic E-state index is -4.22. The Morgan fingerprint density at radius 1 is 1.37 bits per heavy atom. The van der Waals surface area contributed by atoms with Crippen LogP contribution in [0.4, 0.5) is 13.2 Å². The average molecular weight is 271 g/mol. The maximum Gasteiger partial charge on any atom is 0.401 e. The minimum Gasteiger partial charge on any atom is -0.318 e. The largest absolute Gasteiger partial charge is 0.401 e. The lowest BCUT2D eigenvalue weighted by atomic mass is 10.1. The highest BCUT2D eigenvalue weighted by molar-refractivity contribution is 5.32. The Hall–Kier alpha value is -1.58. The van der Waals surface area contributed by atoms with Crippen molar-refractivity contribution < 1.29 is 13.2 Å². The number of nitrogens with zero attached hydrogens (tertiary/aromatic N) is 2. The molecule has 19 heavy (non-hydrogen) atoms. The minimum absolute atomic E-state index is 0.177. The summed E-state index contributed by atoms with van der Waals surface area (Å²) in [5.41, 5.74) is 1.16. The quantitative estimate of drug-likeness (QED) is 0.861. The number of benzene rings is 1. The first-order chi connectivity index (χ1) is 8.94. The Morgan fingerprint density at radius 3 is 2.68 bits per heavy atom. The van der Waals surface area contributed by atoms with E-state index in [2.05, 4.69) is 5.32 Å². The monoisotopic (exact) mass is 271 g/mol. The molecule has 104 valence electrons. The molecular formula is C13H16F3N3. The fourth-order valence-corrected chi connectivity index (χ4v) is 1.73. The van der Waals surface area contributed by atoms with Crippen molar-refractivity contribution in [3.05, 3.63) is 35.4 Å². The molecule has 3 nitrogen and oxygen atoms in total. The molecule has 6 heteroatoms. The van der Waals surface area contributed by atoms with Gasteiger partial charge in [0, 0.05) is 19.6 Å². The fraction of sp³-hybridized carbons (Fsp3) is 0.462. The number of halogens is 3. The number of hydrogen-bond donors (Lipinski definition) is 1. The first-order valence-corrected chi connectivity index (χ1v) is 5.87. The number of likely N-dealkylation sites (N-methyl/N-ethyl adjacent to an activating group) is 1. The number of nitriles is 1. The van der Waals surface area contributed by atoms with E-state index in [0.29, 0.717) is 24.2 Å². The zero-order chi connectivity index (χ0) is 14.3. The summed E-state index contributed by atoms with van der Waals surface area (Å²) in [7, 11) is 1.70. The lowest BCUT2D eigenvalue weighted by molar-refractivity contribution is -0.146. The van der Waals surface area contributed by atoms with Crippen LogP contribution in [0.3, 0.4) is 0 Å². The molecule has 0 radical (unpaired) electrons. The molecule has 0 amide bonds. The number of alkyl halides is 3. The molecule has 0 aliphatic rings.